The quantitative estimate of drug-likeness (QED) is 0.721. The molecule has 6 heteroatoms. The molecule has 2 amide bonds. The molecule has 0 saturated carbocycles. The van der Waals surface area contributed by atoms with E-state index in [9.17, 15) is 14.4 Å². The highest BCUT2D eigenvalue weighted by Gasteiger charge is 2.47. The SMILES string of the molecule is CC(C)N1C(=O)CC(N2CCCC2C(=O)O)C1=O. The lowest BCUT2D eigenvalue weighted by Gasteiger charge is -2.27. The summed E-state index contributed by atoms with van der Waals surface area (Å²) in [6.07, 6.45) is 1.42. The number of rotatable bonds is 3. The van der Waals surface area contributed by atoms with Gasteiger partial charge in [0.1, 0.15) is 6.04 Å². The Morgan fingerprint density at radius 3 is 2.56 bits per heavy atom. The molecule has 2 aliphatic heterocycles. The van der Waals surface area contributed by atoms with Crippen molar-refractivity contribution in [3.8, 4) is 0 Å². The van der Waals surface area contributed by atoms with Crippen molar-refractivity contribution in [2.45, 2.75) is 51.2 Å². The summed E-state index contributed by atoms with van der Waals surface area (Å²) in [6, 6.07) is -1.37. The van der Waals surface area contributed by atoms with Crippen LogP contribution in [-0.2, 0) is 14.4 Å². The Hall–Kier alpha value is -1.43. The van der Waals surface area contributed by atoms with E-state index in [0.717, 1.165) is 6.42 Å². The van der Waals surface area contributed by atoms with Gasteiger partial charge in [-0.25, -0.2) is 0 Å². The standard InChI is InChI=1S/C12H18N2O4/c1-7(2)14-10(15)6-9(11(14)16)13-5-3-4-8(13)12(17)18/h7-9H,3-6H2,1-2H3,(H,17,18). The van der Waals surface area contributed by atoms with Crippen LogP contribution in [0.4, 0.5) is 0 Å². The van der Waals surface area contributed by atoms with Gasteiger partial charge in [-0.05, 0) is 33.2 Å². The first kappa shape index (κ1) is 13.0. The average molecular weight is 254 g/mol. The second kappa shape index (κ2) is 4.68. The van der Waals surface area contributed by atoms with E-state index in [0.29, 0.717) is 13.0 Å². The lowest BCUT2D eigenvalue weighted by atomic mass is 10.1. The number of hydrogen-bond donors (Lipinski definition) is 1. The fraction of sp³-hybridized carbons (Fsp3) is 0.750. The lowest BCUT2D eigenvalue weighted by Crippen LogP contribution is -2.48. The Bertz CT molecular complexity index is 394. The normalized spacial score (nSPS) is 29.6. The lowest BCUT2D eigenvalue weighted by molar-refractivity contribution is -0.145. The summed E-state index contributed by atoms with van der Waals surface area (Å²) in [5.41, 5.74) is 0. The molecule has 0 aromatic carbocycles. The van der Waals surface area contributed by atoms with Crippen molar-refractivity contribution in [3.05, 3.63) is 0 Å². The molecule has 100 valence electrons. The van der Waals surface area contributed by atoms with Gasteiger partial charge in [0.25, 0.3) is 0 Å². The van der Waals surface area contributed by atoms with Crippen molar-refractivity contribution in [1.29, 1.82) is 0 Å². The average Bonchev–Trinajstić information content (AvgIpc) is 2.82. The number of nitrogens with zero attached hydrogens (tertiary/aromatic N) is 2. The van der Waals surface area contributed by atoms with Gasteiger partial charge in [-0.3, -0.25) is 24.2 Å². The minimum Gasteiger partial charge on any atom is -0.480 e. The summed E-state index contributed by atoms with van der Waals surface area (Å²) < 4.78 is 0. The monoisotopic (exact) mass is 254 g/mol. The van der Waals surface area contributed by atoms with E-state index in [2.05, 4.69) is 0 Å². The second-order valence-corrected chi connectivity index (χ2v) is 5.15. The van der Waals surface area contributed by atoms with E-state index in [1.807, 2.05) is 0 Å². The molecule has 2 saturated heterocycles. The van der Waals surface area contributed by atoms with Crippen molar-refractivity contribution < 1.29 is 19.5 Å². The molecule has 0 aromatic rings. The number of hydrogen-bond acceptors (Lipinski definition) is 4. The Kier molecular flexibility index (Phi) is 3.38. The zero-order chi connectivity index (χ0) is 13.4. The van der Waals surface area contributed by atoms with Gasteiger partial charge in [0.2, 0.25) is 11.8 Å². The third-order valence-corrected chi connectivity index (χ3v) is 3.66. The molecule has 0 radical (unpaired) electrons. The first-order valence-electron chi connectivity index (χ1n) is 6.28. The second-order valence-electron chi connectivity index (χ2n) is 5.15. The fourth-order valence-corrected chi connectivity index (χ4v) is 2.86. The Labute approximate surface area is 106 Å². The number of imide groups is 1. The van der Waals surface area contributed by atoms with Crippen molar-refractivity contribution >= 4 is 17.8 Å². The molecular formula is C12H18N2O4. The van der Waals surface area contributed by atoms with Gasteiger partial charge in [0.15, 0.2) is 0 Å². The number of carboxylic acid groups (broad SMARTS) is 1. The molecule has 2 aliphatic rings. The highest BCUT2D eigenvalue weighted by molar-refractivity contribution is 6.06. The number of amides is 2. The highest BCUT2D eigenvalue weighted by Crippen LogP contribution is 2.28. The molecule has 2 heterocycles. The number of likely N-dealkylation sites (tertiary alicyclic amines) is 2. The van der Waals surface area contributed by atoms with Crippen LogP contribution in [0.3, 0.4) is 0 Å². The van der Waals surface area contributed by atoms with Gasteiger partial charge in [-0.15, -0.1) is 0 Å². The van der Waals surface area contributed by atoms with Crippen molar-refractivity contribution in [2.24, 2.45) is 0 Å². The zero-order valence-corrected chi connectivity index (χ0v) is 10.6. The van der Waals surface area contributed by atoms with Gasteiger partial charge >= 0.3 is 5.97 Å². The van der Waals surface area contributed by atoms with Gasteiger partial charge in [0.05, 0.1) is 12.5 Å². The van der Waals surface area contributed by atoms with Crippen molar-refractivity contribution in [3.63, 3.8) is 0 Å². The predicted octanol–water partition coefficient (Wildman–Crippen LogP) is 0.0713. The van der Waals surface area contributed by atoms with Crippen LogP contribution in [0.1, 0.15) is 33.1 Å². The van der Waals surface area contributed by atoms with Gasteiger partial charge in [-0.2, -0.15) is 0 Å². The Morgan fingerprint density at radius 1 is 1.39 bits per heavy atom. The third-order valence-electron chi connectivity index (χ3n) is 3.66. The van der Waals surface area contributed by atoms with Crippen LogP contribution in [0.2, 0.25) is 0 Å². The summed E-state index contributed by atoms with van der Waals surface area (Å²) in [7, 11) is 0. The maximum absolute atomic E-state index is 12.2. The van der Waals surface area contributed by atoms with Crippen LogP contribution in [-0.4, -0.2) is 57.4 Å². The number of carbonyl (C=O) groups is 3. The highest BCUT2D eigenvalue weighted by atomic mass is 16.4. The summed E-state index contributed by atoms with van der Waals surface area (Å²) >= 11 is 0. The molecule has 0 aliphatic carbocycles. The summed E-state index contributed by atoms with van der Waals surface area (Å²) in [6.45, 7) is 4.15. The van der Waals surface area contributed by atoms with E-state index in [1.165, 1.54) is 4.90 Å². The smallest absolute Gasteiger partial charge is 0.320 e. The topological polar surface area (TPSA) is 77.9 Å². The van der Waals surface area contributed by atoms with Crippen molar-refractivity contribution in [2.75, 3.05) is 6.54 Å². The van der Waals surface area contributed by atoms with E-state index in [-0.39, 0.29) is 24.3 Å². The van der Waals surface area contributed by atoms with Gasteiger partial charge in [-0.1, -0.05) is 0 Å². The molecule has 2 fully saturated rings. The van der Waals surface area contributed by atoms with E-state index < -0.39 is 18.1 Å². The molecule has 2 rings (SSSR count). The predicted molar refractivity (Wildman–Crippen MR) is 62.8 cm³/mol. The minimum atomic E-state index is -0.907. The van der Waals surface area contributed by atoms with E-state index in [4.69, 9.17) is 5.11 Å². The van der Waals surface area contributed by atoms with Crippen LogP contribution in [0.25, 0.3) is 0 Å². The third kappa shape index (κ3) is 2.01. The van der Waals surface area contributed by atoms with E-state index >= 15 is 0 Å². The molecule has 6 nitrogen and oxygen atoms in total. The van der Waals surface area contributed by atoms with Crippen molar-refractivity contribution in [1.82, 2.24) is 9.80 Å². The first-order valence-corrected chi connectivity index (χ1v) is 6.28. The molecule has 0 spiro atoms. The van der Waals surface area contributed by atoms with Crippen LogP contribution in [0.15, 0.2) is 0 Å². The molecule has 2 atom stereocenters. The molecule has 18 heavy (non-hydrogen) atoms. The number of carbonyl (C=O) groups excluding carboxylic acids is 2. The minimum absolute atomic E-state index is 0.112. The van der Waals surface area contributed by atoms with E-state index in [1.54, 1.807) is 18.7 Å². The van der Waals surface area contributed by atoms with Crippen LogP contribution in [0, 0.1) is 0 Å². The zero-order valence-electron chi connectivity index (χ0n) is 10.6. The molecule has 1 N–H and O–H groups in total. The van der Waals surface area contributed by atoms with Gasteiger partial charge < -0.3 is 5.11 Å². The fourth-order valence-electron chi connectivity index (χ4n) is 2.86. The molecular weight excluding hydrogens is 236 g/mol. The molecule has 2 unspecified atom stereocenters. The maximum Gasteiger partial charge on any atom is 0.320 e. The molecule has 0 bridgehead atoms. The largest absolute Gasteiger partial charge is 0.480 e. The number of carboxylic acids is 1. The summed E-state index contributed by atoms with van der Waals surface area (Å²) in [5.74, 6) is -1.35. The van der Waals surface area contributed by atoms with Gasteiger partial charge in [0, 0.05) is 6.04 Å². The van der Waals surface area contributed by atoms with Crippen LogP contribution >= 0.6 is 0 Å². The van der Waals surface area contributed by atoms with Crippen LogP contribution < -0.4 is 0 Å². The number of aliphatic carboxylic acids is 1. The van der Waals surface area contributed by atoms with Crippen LogP contribution in [0.5, 0.6) is 0 Å². The first-order chi connectivity index (χ1) is 8.43. The molecule has 0 aromatic heterocycles. The maximum atomic E-state index is 12.2. The summed E-state index contributed by atoms with van der Waals surface area (Å²) in [5, 5.41) is 9.12. The summed E-state index contributed by atoms with van der Waals surface area (Å²) in [4.78, 5) is 38.0. The Balaban J connectivity index is 2.18. The Morgan fingerprint density at radius 2 is 2.06 bits per heavy atom.